The predicted molar refractivity (Wildman–Crippen MR) is 105 cm³/mol. The molecule has 2 amide bonds. The third kappa shape index (κ3) is 5.41. The number of pyridine rings is 1. The Hall–Kier alpha value is -3.15. The van der Waals surface area contributed by atoms with Gasteiger partial charge in [0.05, 0.1) is 30.5 Å². The number of methoxy groups -OCH3 is 1. The van der Waals surface area contributed by atoms with Crippen LogP contribution in [0.25, 0.3) is 5.57 Å². The highest BCUT2D eigenvalue weighted by atomic mass is 16.5. The Morgan fingerprint density at radius 3 is 2.59 bits per heavy atom. The molecule has 6 heteroatoms. The van der Waals surface area contributed by atoms with E-state index >= 15 is 0 Å². The molecule has 0 aliphatic carbocycles. The minimum atomic E-state index is -0.573. The number of benzene rings is 1. The van der Waals surface area contributed by atoms with E-state index in [2.05, 4.69) is 26.9 Å². The van der Waals surface area contributed by atoms with Gasteiger partial charge in [-0.3, -0.25) is 4.98 Å². The average molecular weight is 367 g/mol. The lowest BCUT2D eigenvalue weighted by molar-refractivity contribution is 0.0600. The second kappa shape index (κ2) is 8.49. The zero-order valence-corrected chi connectivity index (χ0v) is 16.1. The number of carbonyl (C=O) groups is 2. The molecule has 0 aliphatic heterocycles. The van der Waals surface area contributed by atoms with Crippen LogP contribution in [-0.2, 0) is 16.8 Å². The molecule has 6 nitrogen and oxygen atoms in total. The molecule has 0 aliphatic rings. The van der Waals surface area contributed by atoms with Gasteiger partial charge < -0.3 is 15.4 Å². The molecule has 0 unspecified atom stereocenters. The maximum atomic E-state index is 12.3. The van der Waals surface area contributed by atoms with Gasteiger partial charge in [0.2, 0.25) is 0 Å². The summed E-state index contributed by atoms with van der Waals surface area (Å²) in [6, 6.07) is 10.7. The topological polar surface area (TPSA) is 80.3 Å². The van der Waals surface area contributed by atoms with E-state index in [1.807, 2.05) is 45.0 Å². The molecule has 0 spiro atoms. The molecule has 1 heterocycles. The van der Waals surface area contributed by atoms with E-state index in [0.717, 1.165) is 16.7 Å². The van der Waals surface area contributed by atoms with Gasteiger partial charge in [-0.25, -0.2) is 9.59 Å². The maximum Gasteiger partial charge on any atom is 0.337 e. The lowest BCUT2D eigenvalue weighted by Crippen LogP contribution is -2.46. The normalized spacial score (nSPS) is 10.8. The lowest BCUT2D eigenvalue weighted by Gasteiger charge is -2.27. The molecule has 0 saturated carbocycles. The zero-order valence-electron chi connectivity index (χ0n) is 16.1. The first kappa shape index (κ1) is 20.2. The largest absolute Gasteiger partial charge is 0.465 e. The van der Waals surface area contributed by atoms with Crippen molar-refractivity contribution in [2.24, 2.45) is 0 Å². The Morgan fingerprint density at radius 2 is 1.93 bits per heavy atom. The Morgan fingerprint density at radius 1 is 1.19 bits per heavy atom. The number of rotatable bonds is 6. The van der Waals surface area contributed by atoms with E-state index in [4.69, 9.17) is 0 Å². The van der Waals surface area contributed by atoms with Gasteiger partial charge in [-0.1, -0.05) is 30.4 Å². The fourth-order valence-electron chi connectivity index (χ4n) is 2.56. The smallest absolute Gasteiger partial charge is 0.337 e. The van der Waals surface area contributed by atoms with Crippen molar-refractivity contribution in [1.82, 2.24) is 15.6 Å². The van der Waals surface area contributed by atoms with Crippen LogP contribution >= 0.6 is 0 Å². The molecule has 0 saturated heterocycles. The molecule has 0 atom stereocenters. The van der Waals surface area contributed by atoms with Crippen molar-refractivity contribution < 1.29 is 14.3 Å². The molecule has 2 aromatic rings. The molecule has 142 valence electrons. The van der Waals surface area contributed by atoms with Gasteiger partial charge >= 0.3 is 12.0 Å². The number of ether oxygens (including phenoxy) is 1. The SMILES string of the molecule is C=C(C)c1cccc(C(C)(C)NC(=O)NCc2cc(C(=O)OC)ccn2)c1. The summed E-state index contributed by atoms with van der Waals surface area (Å²) < 4.78 is 4.69. The number of esters is 1. The van der Waals surface area contributed by atoms with Crippen LogP contribution in [0.15, 0.2) is 49.2 Å². The van der Waals surface area contributed by atoms with Crippen molar-refractivity contribution >= 4 is 17.6 Å². The van der Waals surface area contributed by atoms with E-state index < -0.39 is 11.5 Å². The first-order valence-electron chi connectivity index (χ1n) is 8.58. The number of carbonyl (C=O) groups excluding carboxylic acids is 2. The van der Waals surface area contributed by atoms with Gasteiger partial charge in [0.25, 0.3) is 0 Å². The zero-order chi connectivity index (χ0) is 20.0. The van der Waals surface area contributed by atoms with Gasteiger partial charge in [-0.05, 0) is 50.1 Å². The van der Waals surface area contributed by atoms with Crippen molar-refractivity contribution in [3.63, 3.8) is 0 Å². The minimum absolute atomic E-state index is 0.193. The second-order valence-corrected chi connectivity index (χ2v) is 6.82. The highest BCUT2D eigenvalue weighted by molar-refractivity contribution is 5.89. The highest BCUT2D eigenvalue weighted by Crippen LogP contribution is 2.23. The van der Waals surface area contributed by atoms with Crippen molar-refractivity contribution in [3.05, 3.63) is 71.6 Å². The Kier molecular flexibility index (Phi) is 6.34. The van der Waals surface area contributed by atoms with E-state index in [-0.39, 0.29) is 12.6 Å². The van der Waals surface area contributed by atoms with Crippen LogP contribution in [-0.4, -0.2) is 24.1 Å². The first-order valence-corrected chi connectivity index (χ1v) is 8.58. The molecule has 0 bridgehead atoms. The van der Waals surface area contributed by atoms with Crippen molar-refractivity contribution in [3.8, 4) is 0 Å². The van der Waals surface area contributed by atoms with Gasteiger partial charge in [0.15, 0.2) is 0 Å². The molecule has 27 heavy (non-hydrogen) atoms. The van der Waals surface area contributed by atoms with Crippen LogP contribution in [0, 0.1) is 0 Å². The third-order valence-corrected chi connectivity index (χ3v) is 4.17. The van der Waals surface area contributed by atoms with Crippen molar-refractivity contribution in [2.75, 3.05) is 7.11 Å². The molecule has 1 aromatic heterocycles. The van der Waals surface area contributed by atoms with E-state index in [1.165, 1.54) is 13.3 Å². The highest BCUT2D eigenvalue weighted by Gasteiger charge is 2.23. The Labute approximate surface area is 159 Å². The van der Waals surface area contributed by atoms with Crippen LogP contribution < -0.4 is 10.6 Å². The number of nitrogens with zero attached hydrogens (tertiary/aromatic N) is 1. The van der Waals surface area contributed by atoms with E-state index in [0.29, 0.717) is 11.3 Å². The van der Waals surface area contributed by atoms with Crippen LogP contribution in [0.2, 0.25) is 0 Å². The summed E-state index contributed by atoms with van der Waals surface area (Å²) in [5.41, 5.74) is 3.36. The number of nitrogens with one attached hydrogen (secondary N) is 2. The molecule has 0 radical (unpaired) electrons. The number of allylic oxidation sites excluding steroid dienone is 1. The van der Waals surface area contributed by atoms with Gasteiger partial charge in [0.1, 0.15) is 0 Å². The third-order valence-electron chi connectivity index (χ3n) is 4.17. The maximum absolute atomic E-state index is 12.3. The number of hydrogen-bond acceptors (Lipinski definition) is 4. The van der Waals surface area contributed by atoms with Crippen molar-refractivity contribution in [1.29, 1.82) is 0 Å². The molecular weight excluding hydrogens is 342 g/mol. The summed E-state index contributed by atoms with van der Waals surface area (Å²) in [5.74, 6) is -0.443. The van der Waals surface area contributed by atoms with Crippen LogP contribution in [0.3, 0.4) is 0 Å². The molecule has 2 N–H and O–H groups in total. The van der Waals surface area contributed by atoms with Crippen molar-refractivity contribution in [2.45, 2.75) is 32.9 Å². The fraction of sp³-hybridized carbons (Fsp3) is 0.286. The quantitative estimate of drug-likeness (QED) is 0.764. The Bertz CT molecular complexity index is 859. The average Bonchev–Trinajstić information content (AvgIpc) is 2.65. The number of amides is 2. The van der Waals surface area contributed by atoms with E-state index in [9.17, 15) is 9.59 Å². The Balaban J connectivity index is 2.01. The first-order chi connectivity index (χ1) is 12.7. The van der Waals surface area contributed by atoms with Gasteiger partial charge in [-0.15, -0.1) is 0 Å². The molecular formula is C21H25N3O3. The summed E-state index contributed by atoms with van der Waals surface area (Å²) in [4.78, 5) is 28.1. The number of aromatic nitrogens is 1. The van der Waals surface area contributed by atoms with Gasteiger partial charge in [0, 0.05) is 6.20 Å². The van der Waals surface area contributed by atoms with Crippen LogP contribution in [0.5, 0.6) is 0 Å². The van der Waals surface area contributed by atoms with E-state index in [1.54, 1.807) is 12.1 Å². The summed E-state index contributed by atoms with van der Waals surface area (Å²) in [6.45, 7) is 9.96. The number of hydrogen-bond donors (Lipinski definition) is 2. The summed E-state index contributed by atoms with van der Waals surface area (Å²) in [6.07, 6.45) is 1.51. The summed E-state index contributed by atoms with van der Waals surface area (Å²) in [7, 11) is 1.32. The lowest BCUT2D eigenvalue weighted by atomic mass is 9.92. The monoisotopic (exact) mass is 367 g/mol. The molecule has 1 aromatic carbocycles. The standard InChI is InChI=1S/C21H25N3O3/c1-14(2)15-7-6-8-17(11-15)21(3,4)24-20(26)23-13-18-12-16(9-10-22-18)19(25)27-5/h6-12H,1,13H2,2-5H3,(H2,23,24,26). The van der Waals surface area contributed by atoms with Crippen LogP contribution in [0.1, 0.15) is 48.0 Å². The number of urea groups is 1. The van der Waals surface area contributed by atoms with Crippen LogP contribution in [0.4, 0.5) is 4.79 Å². The minimum Gasteiger partial charge on any atom is -0.465 e. The molecule has 0 fully saturated rings. The summed E-state index contributed by atoms with van der Waals surface area (Å²) >= 11 is 0. The summed E-state index contributed by atoms with van der Waals surface area (Å²) in [5, 5.41) is 5.72. The van der Waals surface area contributed by atoms with Gasteiger partial charge in [-0.2, -0.15) is 0 Å². The molecule has 2 rings (SSSR count). The fourth-order valence-corrected chi connectivity index (χ4v) is 2.56. The second-order valence-electron chi connectivity index (χ2n) is 6.82. The predicted octanol–water partition coefficient (Wildman–Crippen LogP) is 3.64.